The first-order valence-electron chi connectivity index (χ1n) is 9.02. The molecule has 0 aliphatic heterocycles. The number of urea groups is 1. The van der Waals surface area contributed by atoms with E-state index in [9.17, 15) is 14.4 Å². The van der Waals surface area contributed by atoms with Gasteiger partial charge in [0.15, 0.2) is 6.61 Å². The largest absolute Gasteiger partial charge is 0.467 e. The molecule has 2 rings (SSSR count). The van der Waals surface area contributed by atoms with E-state index in [1.165, 1.54) is 6.08 Å². The molecule has 0 aliphatic carbocycles. The minimum absolute atomic E-state index is 0.458. The molecule has 0 radical (unpaired) electrons. The summed E-state index contributed by atoms with van der Waals surface area (Å²) in [6.07, 6.45) is 5.27. The zero-order valence-electron chi connectivity index (χ0n) is 16.3. The van der Waals surface area contributed by atoms with Gasteiger partial charge in [0, 0.05) is 24.0 Å². The maximum absolute atomic E-state index is 11.8. The van der Waals surface area contributed by atoms with Gasteiger partial charge in [-0.25, -0.2) is 9.59 Å². The van der Waals surface area contributed by atoms with Crippen LogP contribution in [0, 0.1) is 13.8 Å². The van der Waals surface area contributed by atoms with Gasteiger partial charge >= 0.3 is 12.0 Å². The Morgan fingerprint density at radius 2 is 2.07 bits per heavy atom. The lowest BCUT2D eigenvalue weighted by Crippen LogP contribution is -2.41. The maximum Gasteiger partial charge on any atom is 0.331 e. The lowest BCUT2D eigenvalue weighted by molar-refractivity contribution is -0.143. The van der Waals surface area contributed by atoms with Gasteiger partial charge in [0.2, 0.25) is 0 Å². The van der Waals surface area contributed by atoms with E-state index in [-0.39, 0.29) is 0 Å². The summed E-state index contributed by atoms with van der Waals surface area (Å²) in [5, 5.41) is 4.57. The number of esters is 1. The highest BCUT2D eigenvalue weighted by Crippen LogP contribution is 2.18. The van der Waals surface area contributed by atoms with Gasteiger partial charge < -0.3 is 19.0 Å². The second-order valence-electron chi connectivity index (χ2n) is 6.24. The van der Waals surface area contributed by atoms with Crippen LogP contribution in [0.2, 0.25) is 0 Å². The van der Waals surface area contributed by atoms with Crippen LogP contribution in [-0.2, 0) is 20.9 Å². The fourth-order valence-electron chi connectivity index (χ4n) is 2.59. The SMILES string of the molecule is CCCNC(=O)NC(=O)COC(=O)/C=C/c1cc(C)n(Cc2ccco2)c1C. The van der Waals surface area contributed by atoms with Crippen LogP contribution in [0.15, 0.2) is 35.0 Å². The number of aromatic nitrogens is 1. The number of hydrogen-bond acceptors (Lipinski definition) is 5. The Morgan fingerprint density at radius 3 is 2.75 bits per heavy atom. The van der Waals surface area contributed by atoms with Crippen molar-refractivity contribution in [2.75, 3.05) is 13.2 Å². The van der Waals surface area contributed by atoms with Crippen molar-refractivity contribution in [2.45, 2.75) is 33.7 Å². The molecule has 2 N–H and O–H groups in total. The molecule has 3 amide bonds. The summed E-state index contributed by atoms with van der Waals surface area (Å²) < 4.78 is 12.3. The normalized spacial score (nSPS) is 10.8. The lowest BCUT2D eigenvalue weighted by Gasteiger charge is -2.07. The van der Waals surface area contributed by atoms with E-state index in [4.69, 9.17) is 9.15 Å². The number of furan rings is 1. The second kappa shape index (κ2) is 10.1. The van der Waals surface area contributed by atoms with Crippen molar-refractivity contribution < 1.29 is 23.5 Å². The highest BCUT2D eigenvalue weighted by Gasteiger charge is 2.11. The van der Waals surface area contributed by atoms with Crippen LogP contribution in [0.25, 0.3) is 6.08 Å². The van der Waals surface area contributed by atoms with Gasteiger partial charge in [-0.05, 0) is 50.1 Å². The highest BCUT2D eigenvalue weighted by molar-refractivity contribution is 5.96. The van der Waals surface area contributed by atoms with Gasteiger partial charge in [0.1, 0.15) is 5.76 Å². The van der Waals surface area contributed by atoms with Crippen LogP contribution in [0.1, 0.15) is 36.1 Å². The zero-order chi connectivity index (χ0) is 20.5. The first-order valence-corrected chi connectivity index (χ1v) is 9.02. The third kappa shape index (κ3) is 6.15. The lowest BCUT2D eigenvalue weighted by atomic mass is 10.2. The number of imide groups is 1. The first kappa shape index (κ1) is 21.0. The Labute approximate surface area is 163 Å². The van der Waals surface area contributed by atoms with Crippen molar-refractivity contribution in [2.24, 2.45) is 0 Å². The van der Waals surface area contributed by atoms with Gasteiger partial charge in [-0.15, -0.1) is 0 Å². The minimum Gasteiger partial charge on any atom is -0.467 e. The van der Waals surface area contributed by atoms with Gasteiger partial charge in [-0.2, -0.15) is 0 Å². The van der Waals surface area contributed by atoms with Gasteiger partial charge in [0.25, 0.3) is 5.91 Å². The van der Waals surface area contributed by atoms with Crippen LogP contribution >= 0.6 is 0 Å². The molecule has 150 valence electrons. The third-order valence-electron chi connectivity index (χ3n) is 4.04. The van der Waals surface area contributed by atoms with Gasteiger partial charge in [0.05, 0.1) is 12.8 Å². The van der Waals surface area contributed by atoms with Crippen molar-refractivity contribution in [3.63, 3.8) is 0 Å². The topological polar surface area (TPSA) is 103 Å². The van der Waals surface area contributed by atoms with Gasteiger partial charge in [-0.1, -0.05) is 6.92 Å². The standard InChI is InChI=1S/C20H25N3O5/c1-4-9-21-20(26)22-18(24)13-28-19(25)8-7-16-11-14(2)23(15(16)3)12-17-6-5-10-27-17/h5-8,10-11H,4,9,12-13H2,1-3H3,(H2,21,22,24,26)/b8-7+. The number of carbonyl (C=O) groups is 3. The third-order valence-corrected chi connectivity index (χ3v) is 4.04. The number of aryl methyl sites for hydroxylation is 1. The molecular weight excluding hydrogens is 362 g/mol. The smallest absolute Gasteiger partial charge is 0.331 e. The predicted octanol–water partition coefficient (Wildman–Crippen LogP) is 2.54. The zero-order valence-corrected chi connectivity index (χ0v) is 16.3. The van der Waals surface area contributed by atoms with Crippen molar-refractivity contribution in [1.29, 1.82) is 0 Å². The van der Waals surface area contributed by atoms with E-state index in [0.29, 0.717) is 13.1 Å². The summed E-state index contributed by atoms with van der Waals surface area (Å²) in [5.41, 5.74) is 2.87. The molecule has 2 aromatic heterocycles. The van der Waals surface area contributed by atoms with Crippen molar-refractivity contribution in [3.8, 4) is 0 Å². The number of ether oxygens (including phenoxy) is 1. The van der Waals surface area contributed by atoms with E-state index < -0.39 is 24.5 Å². The van der Waals surface area contributed by atoms with E-state index >= 15 is 0 Å². The number of nitrogens with one attached hydrogen (secondary N) is 2. The maximum atomic E-state index is 11.8. The average molecular weight is 387 g/mol. The summed E-state index contributed by atoms with van der Waals surface area (Å²) in [6.45, 7) is 6.34. The molecule has 8 nitrogen and oxygen atoms in total. The molecule has 0 spiro atoms. The summed E-state index contributed by atoms with van der Waals surface area (Å²) in [5.74, 6) is -0.516. The average Bonchev–Trinajstić information content (AvgIpc) is 3.27. The van der Waals surface area contributed by atoms with E-state index in [1.54, 1.807) is 12.3 Å². The van der Waals surface area contributed by atoms with E-state index in [0.717, 1.165) is 29.1 Å². The van der Waals surface area contributed by atoms with Gasteiger partial charge in [-0.3, -0.25) is 10.1 Å². The molecule has 0 atom stereocenters. The molecule has 2 heterocycles. The quantitative estimate of drug-likeness (QED) is 0.535. The Hall–Kier alpha value is -3.29. The highest BCUT2D eigenvalue weighted by atomic mass is 16.5. The number of rotatable bonds is 8. The molecule has 0 bridgehead atoms. The Balaban J connectivity index is 1.87. The number of amides is 3. The molecule has 0 unspecified atom stereocenters. The number of nitrogens with zero attached hydrogens (tertiary/aromatic N) is 1. The van der Waals surface area contributed by atoms with Crippen LogP contribution in [0.5, 0.6) is 0 Å². The molecular formula is C20H25N3O5. The minimum atomic E-state index is -0.688. The fraction of sp³-hybridized carbons (Fsp3) is 0.350. The van der Waals surface area contributed by atoms with E-state index in [1.807, 2.05) is 39.0 Å². The molecule has 2 aromatic rings. The molecule has 28 heavy (non-hydrogen) atoms. The summed E-state index contributed by atoms with van der Waals surface area (Å²) in [4.78, 5) is 34.7. The van der Waals surface area contributed by atoms with Crippen LogP contribution < -0.4 is 10.6 Å². The first-order chi connectivity index (χ1) is 13.4. The monoisotopic (exact) mass is 387 g/mol. The summed E-state index contributed by atoms with van der Waals surface area (Å²) in [6, 6.07) is 5.08. The van der Waals surface area contributed by atoms with Crippen molar-refractivity contribution in [3.05, 3.63) is 53.2 Å². The molecule has 0 aromatic carbocycles. The Morgan fingerprint density at radius 1 is 1.29 bits per heavy atom. The van der Waals surface area contributed by atoms with Crippen molar-refractivity contribution >= 4 is 24.0 Å². The Bertz CT molecular complexity index is 850. The molecule has 8 heteroatoms. The van der Waals surface area contributed by atoms with Crippen LogP contribution in [0.4, 0.5) is 4.79 Å². The number of carbonyl (C=O) groups excluding carboxylic acids is 3. The summed E-state index contributed by atoms with van der Waals surface area (Å²) in [7, 11) is 0. The van der Waals surface area contributed by atoms with E-state index in [2.05, 4.69) is 15.2 Å². The van der Waals surface area contributed by atoms with Crippen LogP contribution in [-0.4, -0.2) is 35.6 Å². The molecule has 0 saturated heterocycles. The van der Waals surface area contributed by atoms with Crippen molar-refractivity contribution in [1.82, 2.24) is 15.2 Å². The second-order valence-corrected chi connectivity index (χ2v) is 6.24. The van der Waals surface area contributed by atoms with Crippen LogP contribution in [0.3, 0.4) is 0 Å². The molecule has 0 aliphatic rings. The summed E-state index contributed by atoms with van der Waals surface area (Å²) >= 11 is 0. The fourth-order valence-corrected chi connectivity index (χ4v) is 2.59. The Kier molecular flexibility index (Phi) is 7.62. The molecule has 0 saturated carbocycles. The predicted molar refractivity (Wildman–Crippen MR) is 104 cm³/mol. The number of hydrogen-bond donors (Lipinski definition) is 2. The molecule has 0 fully saturated rings.